The minimum Gasteiger partial charge on any atom is -0.480 e. The number of carbonyl (C=O) groups excluding carboxylic acids is 1. The second-order valence-corrected chi connectivity index (χ2v) is 3.58. The van der Waals surface area contributed by atoms with E-state index >= 15 is 0 Å². The van der Waals surface area contributed by atoms with E-state index in [1.807, 2.05) is 0 Å². The first kappa shape index (κ1) is 13.0. The van der Waals surface area contributed by atoms with Crippen LogP contribution in [0.1, 0.15) is 26.3 Å². The predicted octanol–water partition coefficient (Wildman–Crippen LogP) is 0.842. The van der Waals surface area contributed by atoms with E-state index < -0.39 is 17.6 Å². The fourth-order valence-electron chi connectivity index (χ4n) is 1.53. The summed E-state index contributed by atoms with van der Waals surface area (Å²) in [7, 11) is 0. The van der Waals surface area contributed by atoms with E-state index in [2.05, 4.69) is 5.32 Å². The molecular weight excluding hydrogens is 224 g/mol. The van der Waals surface area contributed by atoms with Crippen LogP contribution in [0.25, 0.3) is 0 Å². The van der Waals surface area contributed by atoms with Crippen LogP contribution in [0.3, 0.4) is 0 Å². The highest BCUT2D eigenvalue weighted by Gasteiger charge is 2.19. The number of nitrogens with one attached hydrogen (secondary N) is 1. The van der Waals surface area contributed by atoms with Crippen molar-refractivity contribution >= 4 is 17.6 Å². The number of amides is 1. The van der Waals surface area contributed by atoms with Gasteiger partial charge in [-0.05, 0) is 18.6 Å². The molecular formula is C11H14N2O4. The average Bonchev–Trinajstić information content (AvgIpc) is 2.23. The maximum absolute atomic E-state index is 11.9. The lowest BCUT2D eigenvalue weighted by atomic mass is 10.2. The van der Waals surface area contributed by atoms with Gasteiger partial charge < -0.3 is 10.4 Å². The molecule has 1 unspecified atom stereocenters. The van der Waals surface area contributed by atoms with Gasteiger partial charge >= 0.3 is 5.97 Å². The number of rotatable bonds is 4. The number of hydrogen-bond acceptors (Lipinski definition) is 3. The number of aromatic nitrogens is 1. The Labute approximate surface area is 97.9 Å². The van der Waals surface area contributed by atoms with Crippen molar-refractivity contribution in [2.45, 2.75) is 26.3 Å². The molecule has 1 rings (SSSR count). The molecule has 0 saturated carbocycles. The highest BCUT2D eigenvalue weighted by atomic mass is 16.4. The lowest BCUT2D eigenvalue weighted by Crippen LogP contribution is -2.31. The normalized spacial score (nSPS) is 11.9. The Morgan fingerprint density at radius 2 is 2.18 bits per heavy atom. The van der Waals surface area contributed by atoms with Gasteiger partial charge in [-0.1, -0.05) is 6.92 Å². The zero-order chi connectivity index (χ0) is 13.0. The zero-order valence-electron chi connectivity index (χ0n) is 9.64. The molecule has 0 spiro atoms. The lowest BCUT2D eigenvalue weighted by molar-refractivity contribution is -0.141. The fraction of sp³-hybridized carbons (Fsp3) is 0.364. The lowest BCUT2D eigenvalue weighted by Gasteiger charge is -2.14. The summed E-state index contributed by atoms with van der Waals surface area (Å²) in [6.45, 7) is 2.96. The van der Waals surface area contributed by atoms with Crippen molar-refractivity contribution in [2.24, 2.45) is 0 Å². The molecule has 1 heterocycles. The Bertz CT molecular complexity index is 492. The summed E-state index contributed by atoms with van der Waals surface area (Å²) < 4.78 is 1.10. The smallest absolute Gasteiger partial charge is 0.326 e. The first-order chi connectivity index (χ1) is 7.97. The minimum atomic E-state index is -1.07. The molecule has 0 radical (unpaired) electrons. The van der Waals surface area contributed by atoms with Crippen LogP contribution in [0.5, 0.6) is 0 Å². The molecule has 92 valence electrons. The van der Waals surface area contributed by atoms with Gasteiger partial charge in [0.25, 0.3) is 5.56 Å². The van der Waals surface area contributed by atoms with Gasteiger partial charge in [0.15, 0.2) is 0 Å². The Hall–Kier alpha value is -2.11. The first-order valence-electron chi connectivity index (χ1n) is 5.19. The molecule has 6 nitrogen and oxygen atoms in total. The Kier molecular flexibility index (Phi) is 4.03. The number of hydrogen-bond donors (Lipinski definition) is 2. The first-order valence-corrected chi connectivity index (χ1v) is 5.19. The molecule has 6 heteroatoms. The van der Waals surface area contributed by atoms with Crippen LogP contribution in [-0.2, 0) is 9.59 Å². The summed E-state index contributed by atoms with van der Waals surface area (Å²) in [5, 5.41) is 11.3. The van der Waals surface area contributed by atoms with Crippen LogP contribution in [0.2, 0.25) is 0 Å². The van der Waals surface area contributed by atoms with Gasteiger partial charge in [0, 0.05) is 13.1 Å². The van der Waals surface area contributed by atoms with Crippen LogP contribution < -0.4 is 10.9 Å². The summed E-state index contributed by atoms with van der Waals surface area (Å²) >= 11 is 0. The molecule has 1 atom stereocenters. The minimum absolute atomic E-state index is 0.0831. The van der Waals surface area contributed by atoms with E-state index in [0.717, 1.165) is 4.57 Å². The molecule has 0 aliphatic heterocycles. The number of carboxylic acid groups (broad SMARTS) is 1. The summed E-state index contributed by atoms with van der Waals surface area (Å²) in [6, 6.07) is 2.05. The maximum Gasteiger partial charge on any atom is 0.326 e. The van der Waals surface area contributed by atoms with Crippen molar-refractivity contribution in [1.82, 2.24) is 4.57 Å². The van der Waals surface area contributed by atoms with E-state index in [4.69, 9.17) is 5.11 Å². The second-order valence-electron chi connectivity index (χ2n) is 3.58. The second kappa shape index (κ2) is 5.29. The van der Waals surface area contributed by atoms with Crippen molar-refractivity contribution in [3.05, 3.63) is 28.7 Å². The SMILES string of the molecule is CCC(C(=O)O)n1cccc(NC(C)=O)c1=O. The van der Waals surface area contributed by atoms with Crippen LogP contribution in [0.4, 0.5) is 5.69 Å². The van der Waals surface area contributed by atoms with E-state index in [1.165, 1.54) is 25.3 Å². The molecule has 1 aromatic rings. The molecule has 0 aromatic carbocycles. The highest BCUT2D eigenvalue weighted by molar-refractivity contribution is 5.88. The van der Waals surface area contributed by atoms with E-state index in [9.17, 15) is 14.4 Å². The zero-order valence-corrected chi connectivity index (χ0v) is 9.64. The van der Waals surface area contributed by atoms with Crippen LogP contribution in [0.15, 0.2) is 23.1 Å². The maximum atomic E-state index is 11.9. The third-order valence-electron chi connectivity index (χ3n) is 2.29. The molecule has 0 bridgehead atoms. The Morgan fingerprint density at radius 3 is 2.65 bits per heavy atom. The highest BCUT2D eigenvalue weighted by Crippen LogP contribution is 2.10. The third-order valence-corrected chi connectivity index (χ3v) is 2.29. The number of anilines is 1. The van der Waals surface area contributed by atoms with E-state index in [0.29, 0.717) is 6.42 Å². The van der Waals surface area contributed by atoms with Crippen molar-refractivity contribution in [3.8, 4) is 0 Å². The van der Waals surface area contributed by atoms with Crippen molar-refractivity contribution in [1.29, 1.82) is 0 Å². The van der Waals surface area contributed by atoms with Gasteiger partial charge in [-0.2, -0.15) is 0 Å². The summed E-state index contributed by atoms with van der Waals surface area (Å²) in [5.74, 6) is -1.45. The molecule has 2 N–H and O–H groups in total. The summed E-state index contributed by atoms with van der Waals surface area (Å²) in [4.78, 5) is 33.7. The number of pyridine rings is 1. The van der Waals surface area contributed by atoms with E-state index in [-0.39, 0.29) is 11.6 Å². The molecule has 1 amide bonds. The fourth-order valence-corrected chi connectivity index (χ4v) is 1.53. The molecule has 0 aliphatic rings. The van der Waals surface area contributed by atoms with Crippen LogP contribution in [-0.4, -0.2) is 21.6 Å². The molecule has 1 aromatic heterocycles. The van der Waals surface area contributed by atoms with Crippen LogP contribution in [0, 0.1) is 0 Å². The van der Waals surface area contributed by atoms with Crippen LogP contribution >= 0.6 is 0 Å². The Balaban J connectivity index is 3.22. The monoisotopic (exact) mass is 238 g/mol. The summed E-state index contributed by atoms with van der Waals surface area (Å²) in [5.41, 5.74) is -0.434. The topological polar surface area (TPSA) is 88.4 Å². The van der Waals surface area contributed by atoms with Gasteiger partial charge in [-0.3, -0.25) is 14.2 Å². The van der Waals surface area contributed by atoms with Gasteiger partial charge in [-0.15, -0.1) is 0 Å². The third kappa shape index (κ3) is 2.93. The van der Waals surface area contributed by atoms with Crippen molar-refractivity contribution < 1.29 is 14.7 Å². The molecule has 17 heavy (non-hydrogen) atoms. The number of nitrogens with zero attached hydrogens (tertiary/aromatic N) is 1. The molecule has 0 saturated heterocycles. The van der Waals surface area contributed by atoms with Gasteiger partial charge in [0.2, 0.25) is 5.91 Å². The number of aliphatic carboxylic acids is 1. The largest absolute Gasteiger partial charge is 0.480 e. The van der Waals surface area contributed by atoms with Gasteiger partial charge in [0.05, 0.1) is 0 Å². The average molecular weight is 238 g/mol. The van der Waals surface area contributed by atoms with Crippen molar-refractivity contribution in [2.75, 3.05) is 5.32 Å². The molecule has 0 aliphatic carbocycles. The molecule has 0 fully saturated rings. The predicted molar refractivity (Wildman–Crippen MR) is 62.0 cm³/mol. The number of carbonyl (C=O) groups is 2. The van der Waals surface area contributed by atoms with Gasteiger partial charge in [-0.25, -0.2) is 4.79 Å². The number of carboxylic acids is 1. The summed E-state index contributed by atoms with van der Waals surface area (Å²) in [6.07, 6.45) is 1.69. The van der Waals surface area contributed by atoms with E-state index in [1.54, 1.807) is 6.92 Å². The Morgan fingerprint density at radius 1 is 1.53 bits per heavy atom. The quantitative estimate of drug-likeness (QED) is 0.813. The van der Waals surface area contributed by atoms with Crippen molar-refractivity contribution in [3.63, 3.8) is 0 Å². The van der Waals surface area contributed by atoms with Gasteiger partial charge in [0.1, 0.15) is 11.7 Å². The standard InChI is InChI=1S/C11H14N2O4/c1-3-9(11(16)17)13-6-4-5-8(10(13)15)12-7(2)14/h4-6,9H,3H2,1-2H3,(H,12,14)(H,16,17).